The van der Waals surface area contributed by atoms with Crippen LogP contribution in [0.1, 0.15) is 11.1 Å². The van der Waals surface area contributed by atoms with Gasteiger partial charge in [0.1, 0.15) is 5.75 Å². The third kappa shape index (κ3) is 4.24. The number of rotatable bonds is 6. The van der Waals surface area contributed by atoms with Gasteiger partial charge in [0.15, 0.2) is 11.5 Å². The summed E-state index contributed by atoms with van der Waals surface area (Å²) in [6.45, 7) is 4.22. The molecule has 0 bridgehead atoms. The molecule has 174 valence electrons. The van der Waals surface area contributed by atoms with Gasteiger partial charge in [-0.25, -0.2) is 8.42 Å². The highest BCUT2D eigenvalue weighted by Gasteiger charge is 2.30. The molecule has 0 aromatic heterocycles. The number of benzene rings is 2. The number of fused-ring (bicyclic) bond motifs is 1. The maximum absolute atomic E-state index is 13.6. The first-order valence-corrected chi connectivity index (χ1v) is 12.2. The van der Waals surface area contributed by atoms with E-state index in [-0.39, 0.29) is 4.90 Å². The molecule has 2 aliphatic rings. The SMILES string of the molecule is COc1cc2c(cc1OC)CN(S(=O)(=O)c1ccc(OC)c(N3CCN(C)CC3)c1)CC2. The van der Waals surface area contributed by atoms with Crippen molar-refractivity contribution in [2.75, 3.05) is 66.0 Å². The Kier molecular flexibility index (Phi) is 6.50. The minimum absolute atomic E-state index is 0.288. The minimum atomic E-state index is -3.67. The van der Waals surface area contributed by atoms with Crippen molar-refractivity contribution in [3.8, 4) is 17.2 Å². The van der Waals surface area contributed by atoms with Gasteiger partial charge in [-0.05, 0) is 54.9 Å². The summed E-state index contributed by atoms with van der Waals surface area (Å²) in [6.07, 6.45) is 0.621. The van der Waals surface area contributed by atoms with Crippen molar-refractivity contribution in [1.29, 1.82) is 0 Å². The number of sulfonamides is 1. The molecule has 2 heterocycles. The first-order valence-electron chi connectivity index (χ1n) is 10.7. The van der Waals surface area contributed by atoms with E-state index >= 15 is 0 Å². The molecular weight excluding hydrogens is 430 g/mol. The number of ether oxygens (including phenoxy) is 3. The Morgan fingerprint density at radius 2 is 1.41 bits per heavy atom. The van der Waals surface area contributed by atoms with Gasteiger partial charge in [0.05, 0.1) is 31.9 Å². The number of nitrogens with zero attached hydrogens (tertiary/aromatic N) is 3. The first kappa shape index (κ1) is 22.7. The fourth-order valence-corrected chi connectivity index (χ4v) is 5.78. The number of hydrogen-bond acceptors (Lipinski definition) is 7. The fourth-order valence-electron chi connectivity index (χ4n) is 4.34. The van der Waals surface area contributed by atoms with Crippen LogP contribution in [0.4, 0.5) is 5.69 Å². The number of likely N-dealkylation sites (N-methyl/N-ethyl adjacent to an activating group) is 1. The van der Waals surface area contributed by atoms with Gasteiger partial charge in [-0.2, -0.15) is 4.31 Å². The molecule has 0 N–H and O–H groups in total. The molecule has 0 radical (unpaired) electrons. The molecule has 8 nitrogen and oxygen atoms in total. The van der Waals surface area contributed by atoms with Crippen LogP contribution in [0, 0.1) is 0 Å². The summed E-state index contributed by atoms with van der Waals surface area (Å²) in [5.41, 5.74) is 2.85. The zero-order valence-corrected chi connectivity index (χ0v) is 19.9. The van der Waals surface area contributed by atoms with Crippen molar-refractivity contribution in [2.45, 2.75) is 17.9 Å². The molecule has 9 heteroatoms. The zero-order valence-electron chi connectivity index (χ0n) is 19.1. The molecule has 2 aromatic rings. The zero-order chi connectivity index (χ0) is 22.9. The Morgan fingerprint density at radius 3 is 2.03 bits per heavy atom. The second-order valence-electron chi connectivity index (χ2n) is 8.19. The lowest BCUT2D eigenvalue weighted by Gasteiger charge is -2.35. The van der Waals surface area contributed by atoms with Crippen LogP contribution in [0.2, 0.25) is 0 Å². The Labute approximate surface area is 190 Å². The van der Waals surface area contributed by atoms with Crippen molar-refractivity contribution in [1.82, 2.24) is 9.21 Å². The van der Waals surface area contributed by atoms with Crippen LogP contribution < -0.4 is 19.1 Å². The van der Waals surface area contributed by atoms with E-state index in [1.54, 1.807) is 39.5 Å². The van der Waals surface area contributed by atoms with Gasteiger partial charge in [0.2, 0.25) is 10.0 Å². The van der Waals surface area contributed by atoms with Crippen molar-refractivity contribution in [3.63, 3.8) is 0 Å². The van der Waals surface area contributed by atoms with Crippen molar-refractivity contribution in [3.05, 3.63) is 41.5 Å². The van der Waals surface area contributed by atoms with Gasteiger partial charge in [-0.1, -0.05) is 0 Å². The Balaban J connectivity index is 1.63. The lowest BCUT2D eigenvalue weighted by atomic mass is 10.0. The third-order valence-corrected chi connectivity index (χ3v) is 8.16. The maximum Gasteiger partial charge on any atom is 0.243 e. The Morgan fingerprint density at radius 1 is 0.781 bits per heavy atom. The molecule has 32 heavy (non-hydrogen) atoms. The van der Waals surface area contributed by atoms with E-state index in [4.69, 9.17) is 14.2 Å². The van der Waals surface area contributed by atoms with Gasteiger partial charge in [0.25, 0.3) is 0 Å². The summed E-state index contributed by atoms with van der Waals surface area (Å²) in [5, 5.41) is 0. The highest BCUT2D eigenvalue weighted by atomic mass is 32.2. The first-order chi connectivity index (χ1) is 15.4. The summed E-state index contributed by atoms with van der Waals surface area (Å²) in [4.78, 5) is 4.74. The van der Waals surface area contributed by atoms with Crippen LogP contribution in [0.3, 0.4) is 0 Å². The van der Waals surface area contributed by atoms with Crippen LogP contribution in [0.15, 0.2) is 35.2 Å². The quantitative estimate of drug-likeness (QED) is 0.653. The largest absolute Gasteiger partial charge is 0.495 e. The Hall–Kier alpha value is -2.49. The van der Waals surface area contributed by atoms with Crippen LogP contribution >= 0.6 is 0 Å². The summed E-state index contributed by atoms with van der Waals surface area (Å²) < 4.78 is 45.0. The smallest absolute Gasteiger partial charge is 0.243 e. The third-order valence-electron chi connectivity index (χ3n) is 6.32. The van der Waals surface area contributed by atoms with Gasteiger partial charge < -0.3 is 24.0 Å². The normalized spacial score (nSPS) is 17.7. The average molecular weight is 462 g/mol. The molecule has 0 aliphatic carbocycles. The lowest BCUT2D eigenvalue weighted by molar-refractivity contribution is 0.311. The highest BCUT2D eigenvalue weighted by molar-refractivity contribution is 7.89. The molecule has 2 aliphatic heterocycles. The Bertz CT molecular complexity index is 1080. The second kappa shape index (κ2) is 9.17. The van der Waals surface area contributed by atoms with Gasteiger partial charge >= 0.3 is 0 Å². The molecule has 2 aromatic carbocycles. The van der Waals surface area contributed by atoms with E-state index in [9.17, 15) is 8.42 Å². The van der Waals surface area contributed by atoms with Crippen molar-refractivity contribution in [2.24, 2.45) is 0 Å². The van der Waals surface area contributed by atoms with Crippen LogP contribution in [0.5, 0.6) is 17.2 Å². The van der Waals surface area contributed by atoms with Crippen molar-refractivity contribution >= 4 is 15.7 Å². The standard InChI is InChI=1S/C23H31N3O5S/c1-24-9-11-25(12-10-24)20-15-19(5-6-21(20)29-2)32(27,28)26-8-7-17-13-22(30-3)23(31-4)14-18(17)16-26/h5-6,13-15H,7-12,16H2,1-4H3. The van der Waals surface area contributed by atoms with Gasteiger partial charge in [-0.15, -0.1) is 0 Å². The van der Waals surface area contributed by atoms with E-state index in [1.165, 1.54) is 4.31 Å². The fraction of sp³-hybridized carbons (Fsp3) is 0.478. The molecule has 0 spiro atoms. The van der Waals surface area contributed by atoms with Gasteiger partial charge in [-0.3, -0.25) is 0 Å². The lowest BCUT2D eigenvalue weighted by Crippen LogP contribution is -2.44. The number of hydrogen-bond donors (Lipinski definition) is 0. The minimum Gasteiger partial charge on any atom is -0.495 e. The summed E-state index contributed by atoms with van der Waals surface area (Å²) in [5.74, 6) is 1.95. The van der Waals surface area contributed by atoms with E-state index in [2.05, 4.69) is 16.8 Å². The van der Waals surface area contributed by atoms with E-state index in [0.717, 1.165) is 43.0 Å². The van der Waals surface area contributed by atoms with E-state index in [0.29, 0.717) is 36.8 Å². The van der Waals surface area contributed by atoms with E-state index in [1.807, 2.05) is 12.1 Å². The molecule has 4 rings (SSSR count). The maximum atomic E-state index is 13.6. The van der Waals surface area contributed by atoms with Crippen molar-refractivity contribution < 1.29 is 22.6 Å². The number of methoxy groups -OCH3 is 3. The van der Waals surface area contributed by atoms with Crippen LogP contribution in [-0.2, 0) is 23.0 Å². The van der Waals surface area contributed by atoms with Gasteiger partial charge in [0, 0.05) is 39.3 Å². The molecule has 0 amide bonds. The predicted octanol–water partition coefficient (Wildman–Crippen LogP) is 2.21. The molecule has 1 saturated heterocycles. The monoisotopic (exact) mass is 461 g/mol. The van der Waals surface area contributed by atoms with Crippen LogP contribution in [0.25, 0.3) is 0 Å². The summed E-state index contributed by atoms with van der Waals surface area (Å²) in [6, 6.07) is 8.96. The molecule has 0 unspecified atom stereocenters. The molecule has 0 atom stereocenters. The number of piperazine rings is 1. The molecule has 0 saturated carbocycles. The van der Waals surface area contributed by atoms with E-state index < -0.39 is 10.0 Å². The van der Waals surface area contributed by atoms with Crippen LogP contribution in [-0.4, -0.2) is 78.7 Å². The molecule has 1 fully saturated rings. The highest BCUT2D eigenvalue weighted by Crippen LogP contribution is 2.36. The average Bonchev–Trinajstić information content (AvgIpc) is 2.82. The number of anilines is 1. The predicted molar refractivity (Wildman–Crippen MR) is 124 cm³/mol. The molecular formula is C23H31N3O5S. The second-order valence-corrected chi connectivity index (χ2v) is 10.1. The summed E-state index contributed by atoms with van der Waals surface area (Å²) >= 11 is 0. The summed E-state index contributed by atoms with van der Waals surface area (Å²) in [7, 11) is 3.23. The topological polar surface area (TPSA) is 71.5 Å².